The normalized spacial score (nSPS) is 12.8. The van der Waals surface area contributed by atoms with Crippen LogP contribution in [0.5, 0.6) is 0 Å². The van der Waals surface area contributed by atoms with Crippen LogP contribution in [0.3, 0.4) is 0 Å². The summed E-state index contributed by atoms with van der Waals surface area (Å²) in [4.78, 5) is 14.5. The lowest BCUT2D eigenvalue weighted by atomic mass is 10.1. The molecular weight excluding hydrogens is 178 g/mol. The third-order valence-corrected chi connectivity index (χ3v) is 1.94. The van der Waals surface area contributed by atoms with Gasteiger partial charge >= 0.3 is 5.97 Å². The largest absolute Gasteiger partial charge is 0.481 e. The molecule has 0 aliphatic heterocycles. The van der Waals surface area contributed by atoms with E-state index >= 15 is 0 Å². The number of rotatable bonds is 4. The minimum Gasteiger partial charge on any atom is -0.481 e. The first-order chi connectivity index (χ1) is 5.75. The molecule has 1 atom stereocenters. The molecule has 1 unspecified atom stereocenters. The van der Waals surface area contributed by atoms with Crippen molar-refractivity contribution in [3.05, 3.63) is 11.3 Å². The predicted molar refractivity (Wildman–Crippen MR) is 44.0 cm³/mol. The van der Waals surface area contributed by atoms with Gasteiger partial charge in [-0.1, -0.05) is 0 Å². The second-order valence-electron chi connectivity index (χ2n) is 2.26. The van der Waals surface area contributed by atoms with Crippen molar-refractivity contribution in [1.82, 2.24) is 9.36 Å². The Hall–Kier alpha value is -1.01. The molecule has 0 aromatic carbocycles. The molecule has 0 spiro atoms. The Morgan fingerprint density at radius 3 is 3.00 bits per heavy atom. The fraction of sp³-hybridized carbons (Fsp3) is 0.500. The van der Waals surface area contributed by atoms with E-state index in [-0.39, 0.29) is 0 Å². The van der Waals surface area contributed by atoms with Crippen molar-refractivity contribution in [1.29, 1.82) is 0 Å². The van der Waals surface area contributed by atoms with E-state index in [2.05, 4.69) is 9.36 Å². The number of hydrogen-bond donors (Lipinski definition) is 2. The summed E-state index contributed by atoms with van der Waals surface area (Å²) < 4.78 is 3.85. The van der Waals surface area contributed by atoms with Crippen molar-refractivity contribution in [3.8, 4) is 0 Å². The van der Waals surface area contributed by atoms with E-state index in [1.54, 1.807) is 0 Å². The van der Waals surface area contributed by atoms with E-state index in [1.165, 1.54) is 5.51 Å². The molecule has 1 aromatic rings. The third-order valence-electron chi connectivity index (χ3n) is 1.44. The fourth-order valence-electron chi connectivity index (χ4n) is 0.862. The molecule has 1 rings (SSSR count). The van der Waals surface area contributed by atoms with Crippen LogP contribution in [0.1, 0.15) is 18.2 Å². The van der Waals surface area contributed by atoms with Crippen LogP contribution in [0, 0.1) is 0 Å². The van der Waals surface area contributed by atoms with Crippen molar-refractivity contribution in [3.63, 3.8) is 0 Å². The zero-order valence-corrected chi connectivity index (χ0v) is 7.12. The van der Waals surface area contributed by atoms with Crippen molar-refractivity contribution in [2.45, 2.75) is 12.3 Å². The third kappa shape index (κ3) is 1.99. The van der Waals surface area contributed by atoms with E-state index in [4.69, 9.17) is 10.8 Å². The molecular formula is C6H9N3O2S. The Morgan fingerprint density at radius 1 is 1.83 bits per heavy atom. The summed E-state index contributed by atoms with van der Waals surface area (Å²) in [6.45, 7) is 0.330. The number of carboxylic acid groups (broad SMARTS) is 1. The maximum atomic E-state index is 10.7. The van der Waals surface area contributed by atoms with Gasteiger partial charge in [-0.3, -0.25) is 4.79 Å². The van der Waals surface area contributed by atoms with Gasteiger partial charge in [-0.15, -0.1) is 0 Å². The second kappa shape index (κ2) is 4.13. The van der Waals surface area contributed by atoms with E-state index in [0.29, 0.717) is 18.8 Å². The van der Waals surface area contributed by atoms with Gasteiger partial charge in [0.25, 0.3) is 0 Å². The van der Waals surface area contributed by atoms with Crippen molar-refractivity contribution in [2.75, 3.05) is 6.54 Å². The fourth-order valence-corrected chi connectivity index (χ4v) is 1.35. The minimum atomic E-state index is -0.918. The van der Waals surface area contributed by atoms with Crippen LogP contribution in [0.4, 0.5) is 0 Å². The summed E-state index contributed by atoms with van der Waals surface area (Å²) in [6.07, 6.45) is 0.381. The number of nitrogens with zero attached hydrogens (tertiary/aromatic N) is 2. The highest BCUT2D eigenvalue weighted by Gasteiger charge is 2.21. The number of carboxylic acids is 1. The van der Waals surface area contributed by atoms with Gasteiger partial charge in [0.2, 0.25) is 0 Å². The van der Waals surface area contributed by atoms with Gasteiger partial charge < -0.3 is 10.8 Å². The zero-order valence-electron chi connectivity index (χ0n) is 6.30. The molecule has 12 heavy (non-hydrogen) atoms. The molecule has 3 N–H and O–H groups in total. The molecule has 0 saturated heterocycles. The maximum absolute atomic E-state index is 10.7. The minimum absolute atomic E-state index is 0.330. The van der Waals surface area contributed by atoms with Crippen molar-refractivity contribution >= 4 is 17.5 Å². The van der Waals surface area contributed by atoms with Gasteiger partial charge in [0, 0.05) is 0 Å². The van der Waals surface area contributed by atoms with E-state index in [0.717, 1.165) is 11.5 Å². The van der Waals surface area contributed by atoms with Crippen LogP contribution >= 0.6 is 11.5 Å². The standard InChI is InChI=1S/C6H9N3O2S/c7-2-1-4(6(10)11)5-8-3-12-9-5/h3-4H,1-2,7H2,(H,10,11). The van der Waals surface area contributed by atoms with Gasteiger partial charge in [0.05, 0.1) is 0 Å². The van der Waals surface area contributed by atoms with Gasteiger partial charge in [0.1, 0.15) is 11.4 Å². The molecule has 5 nitrogen and oxygen atoms in total. The van der Waals surface area contributed by atoms with E-state index in [1.807, 2.05) is 0 Å². The average molecular weight is 187 g/mol. The summed E-state index contributed by atoms with van der Waals surface area (Å²) in [5.74, 6) is -1.21. The lowest BCUT2D eigenvalue weighted by Crippen LogP contribution is -2.17. The average Bonchev–Trinajstić information content (AvgIpc) is 2.51. The highest BCUT2D eigenvalue weighted by Crippen LogP contribution is 2.15. The highest BCUT2D eigenvalue weighted by atomic mass is 32.1. The van der Waals surface area contributed by atoms with Crippen molar-refractivity contribution < 1.29 is 9.90 Å². The first-order valence-corrected chi connectivity index (χ1v) is 4.28. The van der Waals surface area contributed by atoms with Crippen molar-refractivity contribution in [2.24, 2.45) is 5.73 Å². The van der Waals surface area contributed by atoms with Crippen LogP contribution in [0.25, 0.3) is 0 Å². The predicted octanol–water partition coefficient (Wildman–Crippen LogP) is 0.0551. The van der Waals surface area contributed by atoms with E-state index < -0.39 is 11.9 Å². The quantitative estimate of drug-likeness (QED) is 0.695. The first-order valence-electron chi connectivity index (χ1n) is 3.45. The molecule has 0 fully saturated rings. The number of aromatic nitrogens is 2. The molecule has 0 amide bonds. The Bertz CT molecular complexity index is 249. The molecule has 0 aliphatic rings. The topological polar surface area (TPSA) is 89.1 Å². The molecule has 0 bridgehead atoms. The Kier molecular flexibility index (Phi) is 3.12. The number of nitrogens with two attached hydrogens (primary N) is 1. The molecule has 1 aromatic heterocycles. The molecule has 1 heterocycles. The summed E-state index contributed by atoms with van der Waals surface area (Å²) in [6, 6.07) is 0. The molecule has 0 radical (unpaired) electrons. The summed E-state index contributed by atoms with van der Waals surface area (Å²) in [5, 5.41) is 8.75. The lowest BCUT2D eigenvalue weighted by molar-refractivity contribution is -0.139. The van der Waals surface area contributed by atoms with Crippen LogP contribution in [-0.4, -0.2) is 27.0 Å². The van der Waals surface area contributed by atoms with Gasteiger partial charge in [0.15, 0.2) is 5.82 Å². The summed E-state index contributed by atoms with van der Waals surface area (Å²) in [5.41, 5.74) is 6.77. The summed E-state index contributed by atoms with van der Waals surface area (Å²) >= 11 is 1.15. The Morgan fingerprint density at radius 2 is 2.58 bits per heavy atom. The molecule has 66 valence electrons. The lowest BCUT2D eigenvalue weighted by Gasteiger charge is -2.05. The number of hydrogen-bond acceptors (Lipinski definition) is 5. The Labute approximate surface area is 73.4 Å². The van der Waals surface area contributed by atoms with E-state index in [9.17, 15) is 4.79 Å². The van der Waals surface area contributed by atoms with Crippen LogP contribution in [0.15, 0.2) is 5.51 Å². The van der Waals surface area contributed by atoms with Crippen LogP contribution < -0.4 is 5.73 Å². The maximum Gasteiger partial charge on any atom is 0.314 e. The second-order valence-corrected chi connectivity index (χ2v) is 2.86. The number of carbonyl (C=O) groups is 1. The van der Waals surface area contributed by atoms with Crippen LogP contribution in [-0.2, 0) is 4.79 Å². The summed E-state index contributed by atoms with van der Waals surface area (Å²) in [7, 11) is 0. The van der Waals surface area contributed by atoms with Crippen LogP contribution in [0.2, 0.25) is 0 Å². The smallest absolute Gasteiger partial charge is 0.314 e. The highest BCUT2D eigenvalue weighted by molar-refractivity contribution is 7.03. The van der Waals surface area contributed by atoms with Gasteiger partial charge in [-0.2, -0.15) is 4.37 Å². The van der Waals surface area contributed by atoms with Gasteiger partial charge in [-0.05, 0) is 24.5 Å². The molecule has 0 saturated carbocycles. The number of aliphatic carboxylic acids is 1. The SMILES string of the molecule is NCCC(C(=O)O)c1ncsn1. The first kappa shape index (κ1) is 9.08. The monoisotopic (exact) mass is 187 g/mol. The Balaban J connectivity index is 2.73. The zero-order chi connectivity index (χ0) is 8.97. The van der Waals surface area contributed by atoms with Gasteiger partial charge in [-0.25, -0.2) is 4.98 Å². The molecule has 0 aliphatic carbocycles. The molecule has 6 heteroatoms.